The van der Waals surface area contributed by atoms with E-state index in [2.05, 4.69) is 0 Å². The Hall–Kier alpha value is -0.870. The van der Waals surface area contributed by atoms with Crippen molar-refractivity contribution >= 4 is 10.0 Å². The maximum Gasteiger partial charge on any atom is 0.243 e. The van der Waals surface area contributed by atoms with Crippen LogP contribution in [0.1, 0.15) is 13.8 Å². The molecule has 0 aromatic heterocycles. The molecular weight excluding hydrogens is 210 g/mol. The average molecular weight is 225 g/mol. The molecule has 2 unspecified atom stereocenters. The second-order valence-corrected chi connectivity index (χ2v) is 6.09. The number of rotatable bonds is 3. The van der Waals surface area contributed by atoms with E-state index < -0.39 is 10.0 Å². The summed E-state index contributed by atoms with van der Waals surface area (Å²) in [5.41, 5.74) is 0. The number of benzene rings is 1. The Balaban J connectivity index is 2.24. The molecule has 2 atom stereocenters. The van der Waals surface area contributed by atoms with Crippen LogP contribution in [-0.2, 0) is 10.0 Å². The fourth-order valence-electron chi connectivity index (χ4n) is 1.68. The summed E-state index contributed by atoms with van der Waals surface area (Å²) in [7, 11) is -3.23. The van der Waals surface area contributed by atoms with Crippen molar-refractivity contribution in [1.29, 1.82) is 0 Å². The summed E-state index contributed by atoms with van der Waals surface area (Å²) in [5, 5.41) is 0. The maximum absolute atomic E-state index is 12.0. The van der Waals surface area contributed by atoms with Gasteiger partial charge in [-0.15, -0.1) is 0 Å². The third-order valence-electron chi connectivity index (χ3n) is 2.72. The lowest BCUT2D eigenvalue weighted by Gasteiger charge is -2.07. The molecule has 2 rings (SSSR count). The summed E-state index contributed by atoms with van der Waals surface area (Å²) < 4.78 is 25.6. The van der Waals surface area contributed by atoms with E-state index in [0.717, 1.165) is 0 Å². The van der Waals surface area contributed by atoms with Crippen molar-refractivity contribution in [3.8, 4) is 0 Å². The first-order valence-electron chi connectivity index (χ1n) is 5.10. The first-order chi connectivity index (χ1) is 7.03. The summed E-state index contributed by atoms with van der Waals surface area (Å²) in [6, 6.07) is 8.80. The standard InChI is InChI=1S/C11H15NO2S/c1-9(2)11-8-12(11)15(13,14)10-6-4-3-5-7-10/h3-7,9,11H,8H2,1-2H3. The van der Waals surface area contributed by atoms with Gasteiger partial charge in [0.1, 0.15) is 0 Å². The molecule has 0 saturated carbocycles. The van der Waals surface area contributed by atoms with Crippen LogP contribution in [0.3, 0.4) is 0 Å². The molecule has 82 valence electrons. The number of hydrogen-bond acceptors (Lipinski definition) is 2. The SMILES string of the molecule is CC(C)C1CN1S(=O)(=O)c1ccccc1. The topological polar surface area (TPSA) is 37.1 Å². The van der Waals surface area contributed by atoms with Crippen LogP contribution in [0.2, 0.25) is 0 Å². The fourth-order valence-corrected chi connectivity index (χ4v) is 3.41. The average Bonchev–Trinajstić information content (AvgIpc) is 2.99. The normalized spacial score (nSPS) is 25.5. The zero-order valence-corrected chi connectivity index (χ0v) is 9.74. The molecular formula is C11H15NO2S. The van der Waals surface area contributed by atoms with Gasteiger partial charge in [-0.25, -0.2) is 8.42 Å². The van der Waals surface area contributed by atoms with Crippen LogP contribution in [0.15, 0.2) is 35.2 Å². The first-order valence-corrected chi connectivity index (χ1v) is 6.54. The van der Waals surface area contributed by atoms with Crippen molar-refractivity contribution in [2.45, 2.75) is 24.8 Å². The Morgan fingerprint density at radius 1 is 1.27 bits per heavy atom. The molecule has 1 aliphatic heterocycles. The highest BCUT2D eigenvalue weighted by Gasteiger charge is 2.45. The zero-order chi connectivity index (χ0) is 11.1. The van der Waals surface area contributed by atoms with Crippen molar-refractivity contribution in [2.24, 2.45) is 5.92 Å². The number of hydrogen-bond donors (Lipinski definition) is 0. The predicted molar refractivity (Wildman–Crippen MR) is 59.0 cm³/mol. The largest absolute Gasteiger partial charge is 0.243 e. The minimum atomic E-state index is -3.23. The highest BCUT2D eigenvalue weighted by Crippen LogP contribution is 2.32. The van der Waals surface area contributed by atoms with Crippen LogP contribution in [0.4, 0.5) is 0 Å². The van der Waals surface area contributed by atoms with Gasteiger partial charge in [-0.1, -0.05) is 32.0 Å². The number of nitrogens with zero attached hydrogens (tertiary/aromatic N) is 1. The third-order valence-corrected chi connectivity index (χ3v) is 4.63. The van der Waals surface area contributed by atoms with Crippen molar-refractivity contribution in [3.05, 3.63) is 30.3 Å². The first kappa shape index (κ1) is 10.6. The summed E-state index contributed by atoms with van der Waals surface area (Å²) >= 11 is 0. The van der Waals surface area contributed by atoms with Crippen molar-refractivity contribution in [3.63, 3.8) is 0 Å². The third kappa shape index (κ3) is 1.92. The Kier molecular flexibility index (Phi) is 2.56. The van der Waals surface area contributed by atoms with Gasteiger partial charge in [-0.3, -0.25) is 0 Å². The van der Waals surface area contributed by atoms with E-state index in [0.29, 0.717) is 17.4 Å². The molecule has 0 N–H and O–H groups in total. The quantitative estimate of drug-likeness (QED) is 0.734. The van der Waals surface area contributed by atoms with Crippen LogP contribution in [0.5, 0.6) is 0 Å². The fraction of sp³-hybridized carbons (Fsp3) is 0.455. The monoisotopic (exact) mass is 225 g/mol. The van der Waals surface area contributed by atoms with E-state index in [-0.39, 0.29) is 6.04 Å². The molecule has 4 heteroatoms. The van der Waals surface area contributed by atoms with E-state index in [1.807, 2.05) is 19.9 Å². The molecule has 1 aliphatic rings. The van der Waals surface area contributed by atoms with Gasteiger partial charge < -0.3 is 0 Å². The van der Waals surface area contributed by atoms with E-state index >= 15 is 0 Å². The summed E-state index contributed by atoms with van der Waals surface area (Å²) in [6.45, 7) is 4.76. The van der Waals surface area contributed by atoms with Crippen molar-refractivity contribution in [1.82, 2.24) is 4.31 Å². The molecule has 0 amide bonds. The summed E-state index contributed by atoms with van der Waals surface area (Å²) in [5.74, 6) is 0.392. The molecule has 3 nitrogen and oxygen atoms in total. The Bertz CT molecular complexity index is 439. The van der Waals surface area contributed by atoms with E-state index in [9.17, 15) is 8.42 Å². The number of sulfonamides is 1. The van der Waals surface area contributed by atoms with E-state index in [4.69, 9.17) is 0 Å². The Morgan fingerprint density at radius 2 is 1.87 bits per heavy atom. The molecule has 1 fully saturated rings. The van der Waals surface area contributed by atoms with Gasteiger partial charge in [0.2, 0.25) is 10.0 Å². The lowest BCUT2D eigenvalue weighted by Crippen LogP contribution is -2.16. The highest BCUT2D eigenvalue weighted by molar-refractivity contribution is 7.89. The molecule has 0 bridgehead atoms. The predicted octanol–water partition coefficient (Wildman–Crippen LogP) is 1.72. The molecule has 15 heavy (non-hydrogen) atoms. The van der Waals surface area contributed by atoms with Gasteiger partial charge in [-0.2, -0.15) is 4.31 Å². The lowest BCUT2D eigenvalue weighted by molar-refractivity contribution is 0.518. The van der Waals surface area contributed by atoms with Gasteiger partial charge in [0.25, 0.3) is 0 Å². The smallest absolute Gasteiger partial charge is 0.207 e. The molecule has 0 spiro atoms. The lowest BCUT2D eigenvalue weighted by atomic mass is 10.1. The minimum absolute atomic E-state index is 0.190. The van der Waals surface area contributed by atoms with Crippen LogP contribution < -0.4 is 0 Å². The molecule has 1 saturated heterocycles. The highest BCUT2D eigenvalue weighted by atomic mass is 32.2. The zero-order valence-electron chi connectivity index (χ0n) is 8.92. The molecule has 0 radical (unpaired) electrons. The molecule has 1 aromatic rings. The molecule has 1 aromatic carbocycles. The Labute approximate surface area is 90.8 Å². The van der Waals surface area contributed by atoms with Gasteiger partial charge in [0.05, 0.1) is 4.90 Å². The van der Waals surface area contributed by atoms with Crippen LogP contribution in [0.25, 0.3) is 0 Å². The van der Waals surface area contributed by atoms with Crippen LogP contribution in [-0.4, -0.2) is 25.3 Å². The van der Waals surface area contributed by atoms with Crippen molar-refractivity contribution in [2.75, 3.05) is 6.54 Å². The minimum Gasteiger partial charge on any atom is -0.207 e. The van der Waals surface area contributed by atoms with Crippen molar-refractivity contribution < 1.29 is 8.42 Å². The van der Waals surface area contributed by atoms with Gasteiger partial charge >= 0.3 is 0 Å². The van der Waals surface area contributed by atoms with Gasteiger partial charge in [0.15, 0.2) is 0 Å². The summed E-state index contributed by atoms with van der Waals surface area (Å²) in [4.78, 5) is 0.396. The Morgan fingerprint density at radius 3 is 2.33 bits per heavy atom. The van der Waals surface area contributed by atoms with Crippen LogP contribution >= 0.6 is 0 Å². The van der Waals surface area contributed by atoms with E-state index in [1.165, 1.54) is 0 Å². The van der Waals surface area contributed by atoms with Gasteiger partial charge in [-0.05, 0) is 18.1 Å². The second kappa shape index (κ2) is 3.61. The maximum atomic E-state index is 12.0. The summed E-state index contributed by atoms with van der Waals surface area (Å²) in [6.07, 6.45) is 0. The molecule has 0 aliphatic carbocycles. The second-order valence-electron chi connectivity index (χ2n) is 4.20. The molecule has 1 heterocycles. The van der Waals surface area contributed by atoms with Crippen LogP contribution in [0, 0.1) is 5.92 Å². The van der Waals surface area contributed by atoms with Gasteiger partial charge in [0, 0.05) is 12.6 Å². The van der Waals surface area contributed by atoms with E-state index in [1.54, 1.807) is 28.6 Å².